The average Bonchev–Trinajstić information content (AvgIpc) is 2.66. The van der Waals surface area contributed by atoms with Crippen LogP contribution in [0.25, 0.3) is 0 Å². The summed E-state index contributed by atoms with van der Waals surface area (Å²) in [5, 5.41) is 3.02. The topological polar surface area (TPSA) is 44.0 Å². The summed E-state index contributed by atoms with van der Waals surface area (Å²) >= 11 is 0. The van der Waals surface area contributed by atoms with Gasteiger partial charge in [0.1, 0.15) is 0 Å². The fourth-order valence-electron chi connectivity index (χ4n) is 2.09. The second-order valence-electron chi connectivity index (χ2n) is 4.04. The lowest BCUT2D eigenvalue weighted by Crippen LogP contribution is -2.30. The number of piperidine rings is 1. The summed E-state index contributed by atoms with van der Waals surface area (Å²) in [7, 11) is 4.07. The molecule has 1 fully saturated rings. The third kappa shape index (κ3) is 1.90. The molecule has 0 amide bonds. The number of rotatable bonds is 2. The van der Waals surface area contributed by atoms with E-state index < -0.39 is 0 Å². The Morgan fingerprint density at radius 3 is 3.14 bits per heavy atom. The molecule has 0 spiro atoms. The van der Waals surface area contributed by atoms with Crippen molar-refractivity contribution in [1.82, 2.24) is 14.9 Å². The first-order valence-corrected chi connectivity index (χ1v) is 5.21. The Hall–Kier alpha value is -1.03. The van der Waals surface area contributed by atoms with Gasteiger partial charge < -0.3 is 15.2 Å². The molecular formula is C10H18N4. The molecule has 0 aromatic carbocycles. The number of hydrogen-bond donors (Lipinski definition) is 2. The van der Waals surface area contributed by atoms with E-state index in [0.29, 0.717) is 5.92 Å². The Balaban J connectivity index is 2.06. The zero-order valence-corrected chi connectivity index (χ0v) is 8.88. The molecule has 0 radical (unpaired) electrons. The largest absolute Gasteiger partial charge is 0.359 e. The highest BCUT2D eigenvalue weighted by atomic mass is 15.1. The summed E-state index contributed by atoms with van der Waals surface area (Å²) in [6.45, 7) is 2.37. The Bertz CT molecular complexity index is 294. The molecule has 1 saturated heterocycles. The number of aromatic amines is 1. The van der Waals surface area contributed by atoms with Gasteiger partial charge in [0.25, 0.3) is 0 Å². The zero-order valence-electron chi connectivity index (χ0n) is 8.88. The lowest BCUT2D eigenvalue weighted by atomic mass is 9.96. The van der Waals surface area contributed by atoms with Crippen molar-refractivity contribution in [2.45, 2.75) is 18.8 Å². The highest BCUT2D eigenvalue weighted by molar-refractivity contribution is 5.26. The van der Waals surface area contributed by atoms with E-state index in [4.69, 9.17) is 0 Å². The monoisotopic (exact) mass is 194 g/mol. The minimum absolute atomic E-state index is 0.628. The molecule has 4 nitrogen and oxygen atoms in total. The molecule has 0 bridgehead atoms. The van der Waals surface area contributed by atoms with E-state index in [0.717, 1.165) is 12.5 Å². The van der Waals surface area contributed by atoms with Gasteiger partial charge in [-0.2, -0.15) is 0 Å². The summed E-state index contributed by atoms with van der Waals surface area (Å²) in [6, 6.07) is 0. The van der Waals surface area contributed by atoms with Crippen LogP contribution in [0.1, 0.15) is 24.5 Å². The van der Waals surface area contributed by atoms with E-state index in [1.807, 2.05) is 13.2 Å². The van der Waals surface area contributed by atoms with Crippen LogP contribution in [0.15, 0.2) is 6.20 Å². The van der Waals surface area contributed by atoms with Crippen LogP contribution in [0.4, 0.5) is 5.95 Å². The quantitative estimate of drug-likeness (QED) is 0.745. The predicted octanol–water partition coefficient (Wildman–Crippen LogP) is 1.26. The molecule has 14 heavy (non-hydrogen) atoms. The van der Waals surface area contributed by atoms with Gasteiger partial charge >= 0.3 is 0 Å². The van der Waals surface area contributed by atoms with Gasteiger partial charge in [0.2, 0.25) is 0 Å². The van der Waals surface area contributed by atoms with E-state index in [2.05, 4.69) is 27.2 Å². The van der Waals surface area contributed by atoms with Crippen molar-refractivity contribution in [2.24, 2.45) is 0 Å². The molecule has 1 aliphatic heterocycles. The number of imidazole rings is 1. The van der Waals surface area contributed by atoms with Crippen LogP contribution in [0.5, 0.6) is 0 Å². The van der Waals surface area contributed by atoms with E-state index in [1.54, 1.807) is 0 Å². The maximum absolute atomic E-state index is 4.25. The summed E-state index contributed by atoms with van der Waals surface area (Å²) in [5.41, 5.74) is 1.26. The lowest BCUT2D eigenvalue weighted by Gasteiger charge is -2.28. The number of hydrogen-bond acceptors (Lipinski definition) is 3. The van der Waals surface area contributed by atoms with Gasteiger partial charge in [0, 0.05) is 25.2 Å². The summed E-state index contributed by atoms with van der Waals surface area (Å²) in [6.07, 6.45) is 4.51. The molecule has 2 heterocycles. The number of likely N-dealkylation sites (N-methyl/N-ethyl adjacent to an activating group) is 1. The average molecular weight is 194 g/mol. The lowest BCUT2D eigenvalue weighted by molar-refractivity contribution is 0.249. The first kappa shape index (κ1) is 9.52. The van der Waals surface area contributed by atoms with E-state index in [9.17, 15) is 0 Å². The van der Waals surface area contributed by atoms with E-state index in [1.165, 1.54) is 25.1 Å². The fourth-order valence-corrected chi connectivity index (χ4v) is 2.09. The number of anilines is 1. The molecule has 4 heteroatoms. The van der Waals surface area contributed by atoms with Gasteiger partial charge in [-0.15, -0.1) is 0 Å². The maximum Gasteiger partial charge on any atom is 0.200 e. The molecule has 78 valence electrons. The van der Waals surface area contributed by atoms with Crippen LogP contribution in [-0.2, 0) is 0 Å². The first-order chi connectivity index (χ1) is 6.79. The predicted molar refractivity (Wildman–Crippen MR) is 57.6 cm³/mol. The van der Waals surface area contributed by atoms with Crippen LogP contribution >= 0.6 is 0 Å². The Labute approximate surface area is 84.7 Å². The molecule has 2 N–H and O–H groups in total. The van der Waals surface area contributed by atoms with Gasteiger partial charge in [-0.05, 0) is 26.4 Å². The van der Waals surface area contributed by atoms with Gasteiger partial charge in [-0.3, -0.25) is 0 Å². The summed E-state index contributed by atoms with van der Waals surface area (Å²) in [5.74, 6) is 1.50. The van der Waals surface area contributed by atoms with Crippen molar-refractivity contribution in [2.75, 3.05) is 32.5 Å². The van der Waals surface area contributed by atoms with Crippen molar-refractivity contribution in [3.05, 3.63) is 11.9 Å². The van der Waals surface area contributed by atoms with Crippen LogP contribution in [0.3, 0.4) is 0 Å². The van der Waals surface area contributed by atoms with Crippen LogP contribution in [0.2, 0.25) is 0 Å². The molecule has 1 aromatic rings. The minimum atomic E-state index is 0.628. The molecule has 1 aliphatic rings. The highest BCUT2D eigenvalue weighted by Crippen LogP contribution is 2.25. The number of likely N-dealkylation sites (tertiary alicyclic amines) is 1. The van der Waals surface area contributed by atoms with E-state index in [-0.39, 0.29) is 0 Å². The van der Waals surface area contributed by atoms with Gasteiger partial charge in [-0.1, -0.05) is 0 Å². The Kier molecular flexibility index (Phi) is 2.72. The SMILES string of the molecule is CNc1ncc(C2CCCN(C)C2)[nH]1. The van der Waals surface area contributed by atoms with Gasteiger partial charge in [0.15, 0.2) is 5.95 Å². The number of nitrogens with one attached hydrogen (secondary N) is 2. The fraction of sp³-hybridized carbons (Fsp3) is 0.700. The van der Waals surface area contributed by atoms with Gasteiger partial charge in [0.05, 0.1) is 6.20 Å². The second-order valence-corrected chi connectivity index (χ2v) is 4.04. The van der Waals surface area contributed by atoms with Gasteiger partial charge in [-0.25, -0.2) is 4.98 Å². The van der Waals surface area contributed by atoms with Crippen LogP contribution < -0.4 is 5.32 Å². The second kappa shape index (κ2) is 4.00. The molecular weight excluding hydrogens is 176 g/mol. The molecule has 1 unspecified atom stereocenters. The normalized spacial score (nSPS) is 23.7. The van der Waals surface area contributed by atoms with E-state index >= 15 is 0 Å². The first-order valence-electron chi connectivity index (χ1n) is 5.21. The molecule has 1 aromatic heterocycles. The standard InChI is InChI=1S/C10H18N4/c1-11-10-12-6-9(13-10)8-4-3-5-14(2)7-8/h6,8H,3-5,7H2,1-2H3,(H2,11,12,13). The molecule has 1 atom stereocenters. The zero-order chi connectivity index (χ0) is 9.97. The van der Waals surface area contributed by atoms with Crippen LogP contribution in [0, 0.1) is 0 Å². The Morgan fingerprint density at radius 2 is 2.50 bits per heavy atom. The van der Waals surface area contributed by atoms with Crippen molar-refractivity contribution < 1.29 is 0 Å². The number of aromatic nitrogens is 2. The number of nitrogens with zero attached hydrogens (tertiary/aromatic N) is 2. The summed E-state index contributed by atoms with van der Waals surface area (Å²) < 4.78 is 0. The Morgan fingerprint density at radius 1 is 1.64 bits per heavy atom. The van der Waals surface area contributed by atoms with Crippen molar-refractivity contribution in [1.29, 1.82) is 0 Å². The summed E-state index contributed by atoms with van der Waals surface area (Å²) in [4.78, 5) is 9.94. The minimum Gasteiger partial charge on any atom is -0.359 e. The smallest absolute Gasteiger partial charge is 0.200 e. The maximum atomic E-state index is 4.25. The third-order valence-corrected chi connectivity index (χ3v) is 2.90. The van der Waals surface area contributed by atoms with Crippen molar-refractivity contribution in [3.63, 3.8) is 0 Å². The number of H-pyrrole nitrogens is 1. The van der Waals surface area contributed by atoms with Crippen molar-refractivity contribution in [3.8, 4) is 0 Å². The molecule has 0 aliphatic carbocycles. The third-order valence-electron chi connectivity index (χ3n) is 2.90. The van der Waals surface area contributed by atoms with Crippen LogP contribution in [-0.4, -0.2) is 42.1 Å². The molecule has 2 rings (SSSR count). The van der Waals surface area contributed by atoms with Crippen molar-refractivity contribution >= 4 is 5.95 Å². The highest BCUT2D eigenvalue weighted by Gasteiger charge is 2.20. The molecule has 0 saturated carbocycles.